The molecule has 0 rings (SSSR count). The van der Waals surface area contributed by atoms with Gasteiger partial charge in [0, 0.05) is 12.8 Å². The summed E-state index contributed by atoms with van der Waals surface area (Å²) in [4.78, 5) is 37.4. The Morgan fingerprint density at radius 3 is 1.18 bits per heavy atom. The fourth-order valence-electron chi connectivity index (χ4n) is 8.20. The van der Waals surface area contributed by atoms with Gasteiger partial charge in [0.05, 0.1) is 34.4 Å². The Bertz CT molecular complexity index is 1210. The van der Waals surface area contributed by atoms with E-state index in [9.17, 15) is 19.5 Å². The number of likely N-dealkylation sites (N-methyl/N-ethyl adjacent to an activating group) is 1. The summed E-state index contributed by atoms with van der Waals surface area (Å²) >= 11 is 0. The van der Waals surface area contributed by atoms with Crippen LogP contribution in [0.25, 0.3) is 0 Å². The molecule has 398 valence electrons. The van der Waals surface area contributed by atoms with E-state index in [-0.39, 0.29) is 32.2 Å². The third-order valence-electron chi connectivity index (χ3n) is 12.6. The van der Waals surface area contributed by atoms with Crippen molar-refractivity contribution in [2.75, 3.05) is 47.5 Å². The molecule has 0 heterocycles. The first kappa shape index (κ1) is 65.5. The molecule has 0 fully saturated rings. The highest BCUT2D eigenvalue weighted by Crippen LogP contribution is 2.17. The minimum Gasteiger partial charge on any atom is -0.477 e. The van der Waals surface area contributed by atoms with Gasteiger partial charge < -0.3 is 28.5 Å². The second-order valence-electron chi connectivity index (χ2n) is 20.6. The number of nitrogens with zero attached hydrogens (tertiary/aromatic N) is 1. The van der Waals surface area contributed by atoms with Gasteiger partial charge in [-0.1, -0.05) is 237 Å². The van der Waals surface area contributed by atoms with Crippen molar-refractivity contribution >= 4 is 17.9 Å². The first-order valence-corrected chi connectivity index (χ1v) is 28.7. The number of aliphatic carboxylic acids is 1. The van der Waals surface area contributed by atoms with Crippen LogP contribution in [0.5, 0.6) is 0 Å². The number of quaternary nitrogens is 1. The summed E-state index contributed by atoms with van der Waals surface area (Å²) in [6.45, 7) is 4.90. The van der Waals surface area contributed by atoms with Crippen molar-refractivity contribution in [3.8, 4) is 0 Å². The van der Waals surface area contributed by atoms with E-state index in [1.165, 1.54) is 180 Å². The Kier molecular flexibility index (Phi) is 49.0. The fraction of sp³-hybridized carbons (Fsp3) is 0.847. The Morgan fingerprint density at radius 2 is 0.794 bits per heavy atom. The van der Waals surface area contributed by atoms with Gasteiger partial charge in [-0.05, 0) is 51.4 Å². The molecule has 0 spiro atoms. The fourth-order valence-corrected chi connectivity index (χ4v) is 8.20. The number of ether oxygens (including phenoxy) is 4. The molecule has 0 aliphatic heterocycles. The summed E-state index contributed by atoms with van der Waals surface area (Å²) in [6.07, 6.45) is 57.8. The Labute approximate surface area is 420 Å². The zero-order valence-corrected chi connectivity index (χ0v) is 45.3. The van der Waals surface area contributed by atoms with Gasteiger partial charge in [0.25, 0.3) is 6.29 Å². The molecule has 9 nitrogen and oxygen atoms in total. The number of allylic oxidation sites excluding steroid dienone is 6. The molecule has 2 unspecified atom stereocenters. The number of carbonyl (C=O) groups excluding carboxylic acids is 2. The van der Waals surface area contributed by atoms with Crippen molar-refractivity contribution in [2.24, 2.45) is 0 Å². The van der Waals surface area contributed by atoms with Crippen LogP contribution in [0.3, 0.4) is 0 Å². The van der Waals surface area contributed by atoms with E-state index < -0.39 is 24.3 Å². The maximum Gasteiger partial charge on any atom is 0.361 e. The van der Waals surface area contributed by atoms with Crippen molar-refractivity contribution < 1.29 is 42.9 Å². The van der Waals surface area contributed by atoms with Crippen molar-refractivity contribution in [2.45, 2.75) is 277 Å². The molecule has 0 bridgehead atoms. The van der Waals surface area contributed by atoms with Crippen molar-refractivity contribution in [3.63, 3.8) is 0 Å². The summed E-state index contributed by atoms with van der Waals surface area (Å²) in [5.41, 5.74) is 0. The molecule has 0 amide bonds. The van der Waals surface area contributed by atoms with Crippen LogP contribution in [0.1, 0.15) is 264 Å². The first-order valence-electron chi connectivity index (χ1n) is 28.7. The van der Waals surface area contributed by atoms with E-state index >= 15 is 0 Å². The maximum atomic E-state index is 12.9. The topological polar surface area (TPSA) is 108 Å². The predicted molar refractivity (Wildman–Crippen MR) is 286 cm³/mol. The Morgan fingerprint density at radius 1 is 0.441 bits per heavy atom. The van der Waals surface area contributed by atoms with Gasteiger partial charge in [-0.3, -0.25) is 9.59 Å². The standard InChI is InChI=1S/C59H109NO8/c1-6-8-10-12-14-16-18-20-22-24-26-27-28-29-30-31-32-34-36-38-40-42-44-46-48-50-57(62)68-55(54-67-59(58(63)64)65-52-51-60(3,4)5)53-66-56(61)49-47-45-43-41-39-37-35-33-25-23-21-19-17-15-13-11-9-7-2/h18,20,24,26,28-29,55,59H,6-17,19,21-23,25,27,30-54H2,1-5H3/p+1/b20-18-,26-24-,29-28-. The molecule has 0 radical (unpaired) electrons. The molecular weight excluding hydrogens is 851 g/mol. The lowest BCUT2D eigenvalue weighted by atomic mass is 10.0. The number of rotatable bonds is 53. The molecule has 1 N–H and O–H groups in total. The third-order valence-corrected chi connectivity index (χ3v) is 12.6. The quantitative estimate of drug-likeness (QED) is 0.0211. The molecule has 68 heavy (non-hydrogen) atoms. The van der Waals surface area contributed by atoms with Crippen LogP contribution in [0.4, 0.5) is 0 Å². The molecule has 9 heteroatoms. The number of carbonyl (C=O) groups is 3. The summed E-state index contributed by atoms with van der Waals surface area (Å²) in [7, 11) is 5.97. The van der Waals surface area contributed by atoms with E-state index in [1.54, 1.807) is 0 Å². The normalized spacial score (nSPS) is 13.0. The lowest BCUT2D eigenvalue weighted by Crippen LogP contribution is -2.40. The van der Waals surface area contributed by atoms with Crippen molar-refractivity contribution in [3.05, 3.63) is 36.5 Å². The lowest BCUT2D eigenvalue weighted by Gasteiger charge is -2.25. The number of carboxylic acids is 1. The molecule has 0 aliphatic carbocycles. The molecular formula is C59H110NO8+. The third kappa shape index (κ3) is 51.4. The average Bonchev–Trinajstić information content (AvgIpc) is 3.30. The second-order valence-corrected chi connectivity index (χ2v) is 20.6. The van der Waals surface area contributed by atoms with E-state index in [1.807, 2.05) is 21.1 Å². The highest BCUT2D eigenvalue weighted by molar-refractivity contribution is 5.71. The molecule has 0 saturated carbocycles. The molecule has 0 aliphatic rings. The van der Waals surface area contributed by atoms with Gasteiger partial charge >= 0.3 is 17.9 Å². The average molecular weight is 962 g/mol. The van der Waals surface area contributed by atoms with Gasteiger partial charge in [0.1, 0.15) is 13.2 Å². The van der Waals surface area contributed by atoms with E-state index in [0.717, 1.165) is 57.8 Å². The van der Waals surface area contributed by atoms with E-state index in [4.69, 9.17) is 18.9 Å². The second kappa shape index (κ2) is 50.9. The van der Waals surface area contributed by atoms with Crippen LogP contribution in [-0.2, 0) is 33.3 Å². The lowest BCUT2D eigenvalue weighted by molar-refractivity contribution is -0.870. The van der Waals surface area contributed by atoms with Gasteiger partial charge in [-0.15, -0.1) is 0 Å². The van der Waals surface area contributed by atoms with E-state index in [0.29, 0.717) is 17.4 Å². The predicted octanol–water partition coefficient (Wildman–Crippen LogP) is 16.5. The molecule has 2 atom stereocenters. The summed E-state index contributed by atoms with van der Waals surface area (Å²) in [5, 5.41) is 9.69. The van der Waals surface area contributed by atoms with Gasteiger partial charge in [0.15, 0.2) is 6.10 Å². The molecule has 0 aromatic carbocycles. The first-order chi connectivity index (χ1) is 33.1. The highest BCUT2D eigenvalue weighted by atomic mass is 16.7. The van der Waals surface area contributed by atoms with Crippen molar-refractivity contribution in [1.29, 1.82) is 0 Å². The largest absolute Gasteiger partial charge is 0.477 e. The molecule has 0 aromatic rings. The summed E-state index contributed by atoms with van der Waals surface area (Å²) in [5.74, 6) is -1.99. The van der Waals surface area contributed by atoms with Crippen LogP contribution in [-0.4, -0.2) is 87.4 Å². The van der Waals surface area contributed by atoms with Crippen LogP contribution < -0.4 is 0 Å². The summed E-state index contributed by atoms with van der Waals surface area (Å²) < 4.78 is 22.9. The number of hydrogen-bond donors (Lipinski definition) is 1. The molecule has 0 saturated heterocycles. The Hall–Kier alpha value is -2.49. The minimum atomic E-state index is -1.51. The zero-order valence-electron chi connectivity index (χ0n) is 45.3. The van der Waals surface area contributed by atoms with Gasteiger partial charge in [-0.2, -0.15) is 0 Å². The number of esters is 2. The van der Waals surface area contributed by atoms with Crippen molar-refractivity contribution in [1.82, 2.24) is 0 Å². The smallest absolute Gasteiger partial charge is 0.361 e. The monoisotopic (exact) mass is 961 g/mol. The van der Waals surface area contributed by atoms with Crippen LogP contribution in [0, 0.1) is 0 Å². The van der Waals surface area contributed by atoms with Gasteiger partial charge in [0.2, 0.25) is 0 Å². The van der Waals surface area contributed by atoms with Crippen LogP contribution in [0.15, 0.2) is 36.5 Å². The Balaban J connectivity index is 4.25. The van der Waals surface area contributed by atoms with Gasteiger partial charge in [-0.25, -0.2) is 4.79 Å². The summed E-state index contributed by atoms with van der Waals surface area (Å²) in [6, 6.07) is 0. The van der Waals surface area contributed by atoms with E-state index in [2.05, 4.69) is 50.3 Å². The highest BCUT2D eigenvalue weighted by Gasteiger charge is 2.25. The SMILES string of the molecule is CCCCCCC/C=C\C/C=C\C/C=C\CCCCCCCCCCCCC(=O)OC(COC(=O)CCCCCCCCCCCCCCCCCCCC)COC(OCC[N+](C)(C)C)C(=O)O. The number of unbranched alkanes of at least 4 members (excludes halogenated alkanes) is 32. The number of carboxylic acid groups (broad SMARTS) is 1. The number of hydrogen-bond acceptors (Lipinski definition) is 7. The van der Waals surface area contributed by atoms with Crippen LogP contribution >= 0.6 is 0 Å². The zero-order chi connectivity index (χ0) is 49.9. The minimum absolute atomic E-state index is 0.180. The maximum absolute atomic E-state index is 12.9. The van der Waals surface area contributed by atoms with Crippen LogP contribution in [0.2, 0.25) is 0 Å². The molecule has 0 aromatic heterocycles.